The lowest BCUT2D eigenvalue weighted by Gasteiger charge is -2.09. The molecule has 0 atom stereocenters. The number of anilines is 2. The molecular weight excluding hydrogens is 319 g/mol. The highest BCUT2D eigenvalue weighted by Crippen LogP contribution is 2.31. The molecule has 0 bridgehead atoms. The van der Waals surface area contributed by atoms with E-state index in [0.29, 0.717) is 20.8 Å². The Labute approximate surface area is 131 Å². The van der Waals surface area contributed by atoms with E-state index in [0.717, 1.165) is 5.56 Å². The molecule has 104 valence electrons. The number of hydrogen-bond donors (Lipinski definition) is 2. The molecule has 0 spiro atoms. The Morgan fingerprint density at radius 2 is 1.65 bits per heavy atom. The average Bonchev–Trinajstić information content (AvgIpc) is 2.38. The highest BCUT2D eigenvalue weighted by molar-refractivity contribution is 6.39. The second kappa shape index (κ2) is 6.35. The van der Waals surface area contributed by atoms with E-state index in [4.69, 9.17) is 40.5 Å². The molecule has 1 amide bonds. The minimum atomic E-state index is -0.213. The number of amides is 1. The van der Waals surface area contributed by atoms with Gasteiger partial charge in [-0.15, -0.1) is 0 Å². The van der Waals surface area contributed by atoms with Gasteiger partial charge >= 0.3 is 0 Å². The van der Waals surface area contributed by atoms with Crippen LogP contribution in [-0.4, -0.2) is 5.91 Å². The first-order valence-electron chi connectivity index (χ1n) is 5.75. The van der Waals surface area contributed by atoms with Gasteiger partial charge in [0.2, 0.25) is 5.91 Å². The van der Waals surface area contributed by atoms with Crippen LogP contribution in [0.5, 0.6) is 0 Å². The zero-order valence-electron chi connectivity index (χ0n) is 10.3. The number of nitrogens with one attached hydrogen (secondary N) is 1. The predicted octanol–water partition coefficient (Wildman–Crippen LogP) is 4.41. The lowest BCUT2D eigenvalue weighted by atomic mass is 10.1. The molecule has 0 saturated heterocycles. The van der Waals surface area contributed by atoms with E-state index >= 15 is 0 Å². The monoisotopic (exact) mass is 328 g/mol. The Kier molecular flexibility index (Phi) is 4.76. The topological polar surface area (TPSA) is 55.1 Å². The highest BCUT2D eigenvalue weighted by atomic mass is 35.5. The summed E-state index contributed by atoms with van der Waals surface area (Å²) in [5.41, 5.74) is 7.16. The molecule has 0 aliphatic rings. The third kappa shape index (κ3) is 3.57. The summed E-state index contributed by atoms with van der Waals surface area (Å²) in [7, 11) is 0. The summed E-state index contributed by atoms with van der Waals surface area (Å²) in [6, 6.07) is 10.3. The van der Waals surface area contributed by atoms with Crippen molar-refractivity contribution in [1.82, 2.24) is 0 Å². The number of hydrogen-bond acceptors (Lipinski definition) is 2. The van der Waals surface area contributed by atoms with E-state index in [9.17, 15) is 4.79 Å². The summed E-state index contributed by atoms with van der Waals surface area (Å²) < 4.78 is 0. The first kappa shape index (κ1) is 15.0. The van der Waals surface area contributed by atoms with Gasteiger partial charge in [-0.25, -0.2) is 0 Å². The van der Waals surface area contributed by atoms with Gasteiger partial charge in [-0.1, -0.05) is 53.0 Å². The molecule has 0 saturated carbocycles. The molecule has 20 heavy (non-hydrogen) atoms. The number of halogens is 3. The normalized spacial score (nSPS) is 10.3. The Bertz CT molecular complexity index is 636. The second-order valence-electron chi connectivity index (χ2n) is 4.17. The third-order valence-corrected chi connectivity index (χ3v) is 3.67. The Hall–Kier alpha value is -1.42. The summed E-state index contributed by atoms with van der Waals surface area (Å²) in [4.78, 5) is 12.0. The molecular formula is C14H11Cl3N2O. The van der Waals surface area contributed by atoms with Crippen molar-refractivity contribution in [3.8, 4) is 0 Å². The summed E-state index contributed by atoms with van der Waals surface area (Å²) in [6.07, 6.45) is 0.166. The van der Waals surface area contributed by atoms with Gasteiger partial charge in [0.25, 0.3) is 0 Å². The van der Waals surface area contributed by atoms with Crippen molar-refractivity contribution in [2.45, 2.75) is 6.42 Å². The largest absolute Gasteiger partial charge is 0.396 e. The fourth-order valence-corrected chi connectivity index (χ4v) is 2.37. The van der Waals surface area contributed by atoms with Crippen molar-refractivity contribution >= 4 is 52.1 Å². The van der Waals surface area contributed by atoms with Crippen LogP contribution >= 0.6 is 34.8 Å². The molecule has 0 aliphatic heterocycles. The Balaban J connectivity index is 2.11. The van der Waals surface area contributed by atoms with E-state index in [2.05, 4.69) is 5.32 Å². The first-order valence-corrected chi connectivity index (χ1v) is 6.88. The Morgan fingerprint density at radius 3 is 2.25 bits per heavy atom. The van der Waals surface area contributed by atoms with Crippen LogP contribution in [0.15, 0.2) is 36.4 Å². The minimum Gasteiger partial charge on any atom is -0.396 e. The summed E-state index contributed by atoms with van der Waals surface area (Å²) in [6.45, 7) is 0. The molecule has 2 aromatic carbocycles. The maximum atomic E-state index is 12.0. The van der Waals surface area contributed by atoms with Gasteiger partial charge in [0.15, 0.2) is 0 Å². The van der Waals surface area contributed by atoms with Gasteiger partial charge in [-0.05, 0) is 23.8 Å². The van der Waals surface area contributed by atoms with Crippen molar-refractivity contribution < 1.29 is 4.79 Å². The van der Waals surface area contributed by atoms with Crippen molar-refractivity contribution in [3.05, 3.63) is 57.0 Å². The van der Waals surface area contributed by atoms with Crippen LogP contribution < -0.4 is 11.1 Å². The number of nitrogens with two attached hydrogens (primary N) is 1. The van der Waals surface area contributed by atoms with Crippen LogP contribution in [0.3, 0.4) is 0 Å². The van der Waals surface area contributed by atoms with Crippen molar-refractivity contribution in [2.24, 2.45) is 0 Å². The number of nitrogen functional groups attached to an aromatic ring is 1. The minimum absolute atomic E-state index is 0.166. The standard InChI is InChI=1S/C14H11Cl3N2O/c15-10-4-2-1-3-8(10)5-13(20)19-9-6-11(16)14(18)12(17)7-9/h1-4,6-7H,5,18H2,(H,19,20). The molecule has 3 N–H and O–H groups in total. The lowest BCUT2D eigenvalue weighted by molar-refractivity contribution is -0.115. The van der Waals surface area contributed by atoms with Crippen LogP contribution in [0.2, 0.25) is 15.1 Å². The molecule has 2 aromatic rings. The van der Waals surface area contributed by atoms with Gasteiger partial charge < -0.3 is 11.1 Å². The zero-order valence-corrected chi connectivity index (χ0v) is 12.6. The van der Waals surface area contributed by atoms with Gasteiger partial charge in [-0.3, -0.25) is 4.79 Å². The maximum Gasteiger partial charge on any atom is 0.228 e. The number of benzene rings is 2. The summed E-state index contributed by atoms with van der Waals surface area (Å²) >= 11 is 17.8. The van der Waals surface area contributed by atoms with Crippen molar-refractivity contribution in [3.63, 3.8) is 0 Å². The highest BCUT2D eigenvalue weighted by Gasteiger charge is 2.10. The van der Waals surface area contributed by atoms with Crippen molar-refractivity contribution in [1.29, 1.82) is 0 Å². The van der Waals surface area contributed by atoms with E-state index in [-0.39, 0.29) is 18.0 Å². The van der Waals surface area contributed by atoms with Crippen LogP contribution in [0.4, 0.5) is 11.4 Å². The summed E-state index contributed by atoms with van der Waals surface area (Å²) in [5, 5.41) is 3.85. The molecule has 0 fully saturated rings. The fourth-order valence-electron chi connectivity index (χ4n) is 1.68. The van der Waals surface area contributed by atoms with E-state index in [1.165, 1.54) is 0 Å². The lowest BCUT2D eigenvalue weighted by Crippen LogP contribution is -2.14. The maximum absolute atomic E-state index is 12.0. The van der Waals surface area contributed by atoms with Crippen LogP contribution in [0.25, 0.3) is 0 Å². The van der Waals surface area contributed by atoms with Gasteiger partial charge in [0.1, 0.15) is 0 Å². The average molecular weight is 330 g/mol. The van der Waals surface area contributed by atoms with E-state index < -0.39 is 0 Å². The second-order valence-corrected chi connectivity index (χ2v) is 5.39. The van der Waals surface area contributed by atoms with E-state index in [1.54, 1.807) is 24.3 Å². The van der Waals surface area contributed by atoms with Gasteiger partial charge in [0.05, 0.1) is 22.2 Å². The van der Waals surface area contributed by atoms with Gasteiger partial charge in [-0.2, -0.15) is 0 Å². The number of carbonyl (C=O) groups excluding carboxylic acids is 1. The molecule has 6 heteroatoms. The van der Waals surface area contributed by atoms with Crippen molar-refractivity contribution in [2.75, 3.05) is 11.1 Å². The Morgan fingerprint density at radius 1 is 1.05 bits per heavy atom. The molecule has 0 aliphatic carbocycles. The zero-order chi connectivity index (χ0) is 14.7. The molecule has 0 radical (unpaired) electrons. The quantitative estimate of drug-likeness (QED) is 0.819. The van der Waals surface area contributed by atoms with Crippen LogP contribution in [0.1, 0.15) is 5.56 Å². The number of rotatable bonds is 3. The molecule has 0 unspecified atom stereocenters. The SMILES string of the molecule is Nc1c(Cl)cc(NC(=O)Cc2ccccc2Cl)cc1Cl. The smallest absolute Gasteiger partial charge is 0.228 e. The number of carbonyl (C=O) groups is 1. The van der Waals surface area contributed by atoms with Gasteiger partial charge in [0, 0.05) is 10.7 Å². The predicted molar refractivity (Wildman–Crippen MR) is 84.7 cm³/mol. The third-order valence-electron chi connectivity index (χ3n) is 2.67. The fraction of sp³-hybridized carbons (Fsp3) is 0.0714. The molecule has 3 nitrogen and oxygen atoms in total. The first-order chi connectivity index (χ1) is 9.47. The van der Waals surface area contributed by atoms with E-state index in [1.807, 2.05) is 12.1 Å². The molecule has 0 heterocycles. The molecule has 2 rings (SSSR count). The molecule has 0 aromatic heterocycles. The van der Waals surface area contributed by atoms with Crippen LogP contribution in [-0.2, 0) is 11.2 Å². The van der Waals surface area contributed by atoms with Crippen LogP contribution in [0, 0.1) is 0 Å². The summed E-state index contributed by atoms with van der Waals surface area (Å²) in [5.74, 6) is -0.213.